The summed E-state index contributed by atoms with van der Waals surface area (Å²) in [7, 11) is 2.01. The molecule has 5 nitrogen and oxygen atoms in total. The van der Waals surface area contributed by atoms with Crippen molar-refractivity contribution < 1.29 is 4.79 Å². The Morgan fingerprint density at radius 1 is 1.35 bits per heavy atom. The summed E-state index contributed by atoms with van der Waals surface area (Å²) < 4.78 is 0. The first kappa shape index (κ1) is 15.8. The Morgan fingerprint density at radius 2 is 2.13 bits per heavy atom. The van der Waals surface area contributed by atoms with E-state index >= 15 is 0 Å². The number of carbonyl (C=O) groups excluding carboxylic acids is 1. The Morgan fingerprint density at radius 3 is 2.83 bits per heavy atom. The van der Waals surface area contributed by atoms with E-state index in [1.54, 1.807) is 0 Å². The molecular weight excluding hydrogens is 312 g/mol. The van der Waals surface area contributed by atoms with Gasteiger partial charge in [0.1, 0.15) is 0 Å². The first-order chi connectivity index (χ1) is 11.0. The Kier molecular flexibility index (Phi) is 4.27. The third-order valence-electron chi connectivity index (χ3n) is 4.39. The first-order valence-electron chi connectivity index (χ1n) is 7.73. The molecule has 0 atom stereocenters. The second-order valence-corrected chi connectivity index (χ2v) is 6.42. The fraction of sp³-hybridized carbons (Fsp3) is 0.471. The van der Waals surface area contributed by atoms with Crippen molar-refractivity contribution in [2.24, 2.45) is 10.2 Å². The van der Waals surface area contributed by atoms with Crippen LogP contribution in [0.5, 0.6) is 0 Å². The van der Waals surface area contributed by atoms with Gasteiger partial charge in [0, 0.05) is 50.8 Å². The quantitative estimate of drug-likeness (QED) is 0.776. The van der Waals surface area contributed by atoms with Crippen LogP contribution in [0.2, 0.25) is 5.02 Å². The van der Waals surface area contributed by atoms with Gasteiger partial charge in [-0.05, 0) is 18.2 Å². The van der Waals surface area contributed by atoms with Crippen LogP contribution >= 0.6 is 11.6 Å². The molecule has 0 fully saturated rings. The summed E-state index contributed by atoms with van der Waals surface area (Å²) in [6, 6.07) is 5.63. The monoisotopic (exact) mass is 330 g/mol. The second kappa shape index (κ2) is 6.21. The Balaban J connectivity index is 1.67. The number of likely N-dealkylation sites (N-methyl/N-ethyl adjacent to an activating group) is 1. The van der Waals surface area contributed by atoms with E-state index in [2.05, 4.69) is 21.0 Å². The highest BCUT2D eigenvalue weighted by Crippen LogP contribution is 2.39. The van der Waals surface area contributed by atoms with Crippen molar-refractivity contribution in [1.82, 2.24) is 0 Å². The van der Waals surface area contributed by atoms with Gasteiger partial charge in [0.15, 0.2) is 5.66 Å². The smallest absolute Gasteiger partial charge is 0.227 e. The summed E-state index contributed by atoms with van der Waals surface area (Å²) in [5.74, 6) is 2.70. The summed E-state index contributed by atoms with van der Waals surface area (Å²) in [5.41, 5.74) is 1.49. The maximum absolute atomic E-state index is 12.7. The van der Waals surface area contributed by atoms with Gasteiger partial charge < -0.3 is 9.80 Å². The molecule has 0 radical (unpaired) electrons. The molecule has 120 valence electrons. The number of anilines is 2. The molecule has 0 aromatic heterocycles. The van der Waals surface area contributed by atoms with Crippen molar-refractivity contribution in [2.75, 3.05) is 29.9 Å². The normalized spacial score (nSPS) is 17.6. The summed E-state index contributed by atoms with van der Waals surface area (Å²) in [4.78, 5) is 16.6. The van der Waals surface area contributed by atoms with Crippen molar-refractivity contribution in [3.63, 3.8) is 0 Å². The molecule has 2 aliphatic heterocycles. The third-order valence-corrected chi connectivity index (χ3v) is 4.63. The van der Waals surface area contributed by atoms with E-state index in [1.165, 1.54) is 0 Å². The van der Waals surface area contributed by atoms with Gasteiger partial charge in [-0.3, -0.25) is 4.79 Å². The summed E-state index contributed by atoms with van der Waals surface area (Å²) in [6.45, 7) is 1.46. The van der Waals surface area contributed by atoms with Gasteiger partial charge >= 0.3 is 0 Å². The average Bonchev–Trinajstić information content (AvgIpc) is 3.32. The molecule has 2 heterocycles. The molecule has 2 aliphatic rings. The SMILES string of the molecule is C#CCCC1(CCC(=O)N2CCN(C)c3cc(Cl)ccc32)N=N1. The van der Waals surface area contributed by atoms with Crippen molar-refractivity contribution in [3.05, 3.63) is 23.2 Å². The minimum absolute atomic E-state index is 0.0963. The molecule has 0 bridgehead atoms. The molecule has 23 heavy (non-hydrogen) atoms. The first-order valence-corrected chi connectivity index (χ1v) is 8.11. The maximum atomic E-state index is 12.7. The number of amides is 1. The van der Waals surface area contributed by atoms with Crippen LogP contribution in [-0.2, 0) is 4.79 Å². The standard InChI is InChI=1S/C17H19ClN4O/c1-3-4-8-17(19-20-17)9-7-16(23)22-11-10-21(2)15-12-13(18)5-6-14(15)22/h1,5-6,12H,4,7-11H2,2H3. The zero-order chi connectivity index (χ0) is 16.4. The number of hydrogen-bond donors (Lipinski definition) is 0. The molecule has 0 aliphatic carbocycles. The molecule has 6 heteroatoms. The lowest BCUT2D eigenvalue weighted by molar-refractivity contribution is -0.118. The third kappa shape index (κ3) is 3.32. The highest BCUT2D eigenvalue weighted by molar-refractivity contribution is 6.31. The summed E-state index contributed by atoms with van der Waals surface area (Å²) in [5, 5.41) is 8.85. The van der Waals surface area contributed by atoms with E-state index in [1.807, 2.05) is 30.1 Å². The lowest BCUT2D eigenvalue weighted by atomic mass is 10.0. The van der Waals surface area contributed by atoms with Crippen molar-refractivity contribution in [3.8, 4) is 12.3 Å². The van der Waals surface area contributed by atoms with Crippen LogP contribution in [0.15, 0.2) is 28.4 Å². The number of nitrogens with zero attached hydrogens (tertiary/aromatic N) is 4. The minimum atomic E-state index is -0.405. The highest BCUT2D eigenvalue weighted by atomic mass is 35.5. The lowest BCUT2D eigenvalue weighted by Gasteiger charge is -2.36. The number of halogens is 1. The predicted molar refractivity (Wildman–Crippen MR) is 92.0 cm³/mol. The molecule has 1 aromatic carbocycles. The molecule has 0 saturated heterocycles. The second-order valence-electron chi connectivity index (χ2n) is 5.99. The van der Waals surface area contributed by atoms with Crippen LogP contribution in [0.1, 0.15) is 25.7 Å². The van der Waals surface area contributed by atoms with Crippen molar-refractivity contribution in [2.45, 2.75) is 31.3 Å². The molecular formula is C17H19ClN4O. The zero-order valence-corrected chi connectivity index (χ0v) is 13.9. The Bertz CT molecular complexity index is 688. The number of terminal acetylenes is 1. The maximum Gasteiger partial charge on any atom is 0.227 e. The fourth-order valence-electron chi connectivity index (χ4n) is 2.89. The van der Waals surface area contributed by atoms with Gasteiger partial charge in [-0.25, -0.2) is 0 Å². The van der Waals surface area contributed by atoms with Crippen molar-refractivity contribution in [1.29, 1.82) is 0 Å². The van der Waals surface area contributed by atoms with E-state index in [4.69, 9.17) is 18.0 Å². The summed E-state index contributed by atoms with van der Waals surface area (Å²) in [6.07, 6.45) is 7.70. The zero-order valence-electron chi connectivity index (χ0n) is 13.1. The number of benzene rings is 1. The van der Waals surface area contributed by atoms with Crippen LogP contribution in [0.4, 0.5) is 11.4 Å². The molecule has 3 rings (SSSR count). The topological polar surface area (TPSA) is 48.3 Å². The number of rotatable bonds is 5. The van der Waals surface area contributed by atoms with E-state index in [9.17, 15) is 4.79 Å². The molecule has 1 aromatic rings. The van der Waals surface area contributed by atoms with Gasteiger partial charge in [-0.1, -0.05) is 11.6 Å². The predicted octanol–water partition coefficient (Wildman–Crippen LogP) is 3.48. The van der Waals surface area contributed by atoms with Crippen LogP contribution in [0, 0.1) is 12.3 Å². The Hall–Kier alpha value is -2.06. The van der Waals surface area contributed by atoms with Gasteiger partial charge in [0.2, 0.25) is 5.91 Å². The minimum Gasteiger partial charge on any atom is -0.371 e. The molecule has 0 saturated carbocycles. The molecule has 0 spiro atoms. The van der Waals surface area contributed by atoms with E-state index < -0.39 is 5.66 Å². The van der Waals surface area contributed by atoms with Crippen LogP contribution < -0.4 is 9.80 Å². The number of hydrogen-bond acceptors (Lipinski definition) is 4. The molecule has 0 N–H and O–H groups in total. The van der Waals surface area contributed by atoms with E-state index in [-0.39, 0.29) is 5.91 Å². The fourth-order valence-corrected chi connectivity index (χ4v) is 3.06. The van der Waals surface area contributed by atoms with E-state index in [0.29, 0.717) is 30.8 Å². The van der Waals surface area contributed by atoms with Crippen LogP contribution in [0.3, 0.4) is 0 Å². The van der Waals surface area contributed by atoms with Gasteiger partial charge in [-0.15, -0.1) is 12.3 Å². The van der Waals surface area contributed by atoms with Gasteiger partial charge in [-0.2, -0.15) is 10.2 Å². The molecule has 0 unspecified atom stereocenters. The highest BCUT2D eigenvalue weighted by Gasteiger charge is 2.40. The number of fused-ring (bicyclic) bond motifs is 1. The van der Waals surface area contributed by atoms with E-state index in [0.717, 1.165) is 24.3 Å². The Labute approximate surface area is 141 Å². The largest absolute Gasteiger partial charge is 0.371 e. The van der Waals surface area contributed by atoms with Crippen molar-refractivity contribution >= 4 is 28.9 Å². The van der Waals surface area contributed by atoms with Crippen LogP contribution in [-0.4, -0.2) is 31.7 Å². The average molecular weight is 331 g/mol. The number of carbonyl (C=O) groups is 1. The van der Waals surface area contributed by atoms with Gasteiger partial charge in [0.05, 0.1) is 11.4 Å². The summed E-state index contributed by atoms with van der Waals surface area (Å²) >= 11 is 6.08. The molecule has 1 amide bonds. The van der Waals surface area contributed by atoms with Crippen LogP contribution in [0.25, 0.3) is 0 Å². The lowest BCUT2D eigenvalue weighted by Crippen LogP contribution is -2.42. The van der Waals surface area contributed by atoms with Gasteiger partial charge in [0.25, 0.3) is 0 Å².